The van der Waals surface area contributed by atoms with Gasteiger partial charge in [0.2, 0.25) is 0 Å². The maximum Gasteiger partial charge on any atom is 0.271 e. The Morgan fingerprint density at radius 3 is 2.23 bits per heavy atom. The van der Waals surface area contributed by atoms with E-state index in [4.69, 9.17) is 0 Å². The van der Waals surface area contributed by atoms with Crippen molar-refractivity contribution in [2.24, 2.45) is 5.10 Å². The number of nitrogens with zero attached hydrogens (tertiary/aromatic N) is 2. The maximum atomic E-state index is 12.7. The number of anilines is 1. The lowest BCUT2D eigenvalue weighted by Crippen LogP contribution is -2.26. The van der Waals surface area contributed by atoms with Crippen molar-refractivity contribution in [2.45, 2.75) is 11.8 Å². The van der Waals surface area contributed by atoms with E-state index >= 15 is 0 Å². The SMILES string of the molecule is C/C(=N/NC(=O)c1ccc(N(C)S(=O)(=O)c2ccccc2)cc1)c1cccc(Br)c1. The minimum absolute atomic E-state index is 0.201. The molecule has 0 saturated carbocycles. The van der Waals surface area contributed by atoms with Crippen molar-refractivity contribution in [1.82, 2.24) is 5.43 Å². The van der Waals surface area contributed by atoms with Gasteiger partial charge in [-0.1, -0.05) is 46.3 Å². The molecule has 0 aliphatic heterocycles. The quantitative estimate of drug-likeness (QED) is 0.414. The van der Waals surface area contributed by atoms with E-state index in [0.29, 0.717) is 17.0 Å². The number of rotatable bonds is 6. The van der Waals surface area contributed by atoms with E-state index in [1.54, 1.807) is 61.5 Å². The average Bonchev–Trinajstić information content (AvgIpc) is 2.77. The molecule has 3 aromatic rings. The van der Waals surface area contributed by atoms with Gasteiger partial charge in [0, 0.05) is 17.1 Å². The molecule has 1 N–H and O–H groups in total. The van der Waals surface area contributed by atoms with Crippen LogP contribution in [0.2, 0.25) is 0 Å². The van der Waals surface area contributed by atoms with Gasteiger partial charge in [-0.3, -0.25) is 9.10 Å². The molecule has 3 rings (SSSR count). The van der Waals surface area contributed by atoms with Crippen LogP contribution in [-0.4, -0.2) is 27.1 Å². The first-order chi connectivity index (χ1) is 14.3. The zero-order valence-corrected chi connectivity index (χ0v) is 18.8. The minimum atomic E-state index is -3.67. The first-order valence-corrected chi connectivity index (χ1v) is 11.3. The van der Waals surface area contributed by atoms with Crippen LogP contribution in [0.1, 0.15) is 22.8 Å². The number of sulfonamides is 1. The number of halogens is 1. The molecule has 0 bridgehead atoms. The number of hydrogen-bond acceptors (Lipinski definition) is 4. The molecule has 0 aromatic heterocycles. The molecular weight excluding hydrogens is 466 g/mol. The fourth-order valence-corrected chi connectivity index (χ4v) is 4.31. The molecule has 30 heavy (non-hydrogen) atoms. The summed E-state index contributed by atoms with van der Waals surface area (Å²) < 4.78 is 27.5. The lowest BCUT2D eigenvalue weighted by molar-refractivity contribution is 0.0955. The second-order valence-electron chi connectivity index (χ2n) is 6.48. The van der Waals surface area contributed by atoms with Crippen LogP contribution in [0.15, 0.2) is 93.3 Å². The summed E-state index contributed by atoms with van der Waals surface area (Å²) in [4.78, 5) is 12.6. The summed E-state index contributed by atoms with van der Waals surface area (Å²) in [5, 5.41) is 4.14. The number of carbonyl (C=O) groups is 1. The Bertz CT molecular complexity index is 1180. The number of nitrogens with one attached hydrogen (secondary N) is 1. The molecular formula is C22H20BrN3O3S. The lowest BCUT2D eigenvalue weighted by Gasteiger charge is -2.19. The molecule has 0 unspecified atom stereocenters. The fourth-order valence-electron chi connectivity index (χ4n) is 2.69. The van der Waals surface area contributed by atoms with Crippen LogP contribution >= 0.6 is 15.9 Å². The molecule has 0 fully saturated rings. The normalized spacial score (nSPS) is 11.8. The van der Waals surface area contributed by atoms with Crippen molar-refractivity contribution < 1.29 is 13.2 Å². The topological polar surface area (TPSA) is 78.8 Å². The van der Waals surface area contributed by atoms with Gasteiger partial charge < -0.3 is 0 Å². The number of carbonyl (C=O) groups excluding carboxylic acids is 1. The number of amides is 1. The number of hydrogen-bond donors (Lipinski definition) is 1. The summed E-state index contributed by atoms with van der Waals surface area (Å²) in [5.41, 5.74) is 4.89. The molecule has 6 nitrogen and oxygen atoms in total. The zero-order chi connectivity index (χ0) is 21.7. The Balaban J connectivity index is 1.72. The van der Waals surface area contributed by atoms with Crippen molar-refractivity contribution in [2.75, 3.05) is 11.4 Å². The highest BCUT2D eigenvalue weighted by Gasteiger charge is 2.21. The summed E-state index contributed by atoms with van der Waals surface area (Å²) in [6, 6.07) is 22.1. The summed E-state index contributed by atoms with van der Waals surface area (Å²) in [6.07, 6.45) is 0. The summed E-state index contributed by atoms with van der Waals surface area (Å²) >= 11 is 3.41. The predicted octanol–water partition coefficient (Wildman–Crippen LogP) is 4.43. The van der Waals surface area contributed by atoms with Gasteiger partial charge in [-0.15, -0.1) is 0 Å². The Morgan fingerprint density at radius 1 is 0.933 bits per heavy atom. The van der Waals surface area contributed by atoms with Crippen molar-refractivity contribution in [3.63, 3.8) is 0 Å². The van der Waals surface area contributed by atoms with Crippen LogP contribution in [-0.2, 0) is 10.0 Å². The van der Waals surface area contributed by atoms with E-state index in [2.05, 4.69) is 26.5 Å². The Hall–Kier alpha value is -2.97. The maximum absolute atomic E-state index is 12.7. The molecule has 0 aliphatic rings. The van der Waals surface area contributed by atoms with Gasteiger partial charge in [0.15, 0.2) is 0 Å². The first kappa shape index (κ1) is 21.7. The molecule has 3 aromatic carbocycles. The van der Waals surface area contributed by atoms with Gasteiger partial charge in [-0.05, 0) is 61.0 Å². The van der Waals surface area contributed by atoms with E-state index < -0.39 is 10.0 Å². The van der Waals surface area contributed by atoms with Crippen LogP contribution in [0, 0.1) is 0 Å². The van der Waals surface area contributed by atoms with Crippen molar-refractivity contribution in [3.8, 4) is 0 Å². The van der Waals surface area contributed by atoms with E-state index in [9.17, 15) is 13.2 Å². The molecule has 0 radical (unpaired) electrons. The molecule has 0 aliphatic carbocycles. The Labute approximate surface area is 184 Å². The van der Waals surface area contributed by atoms with Crippen molar-refractivity contribution in [1.29, 1.82) is 0 Å². The van der Waals surface area contributed by atoms with Gasteiger partial charge >= 0.3 is 0 Å². The highest BCUT2D eigenvalue weighted by molar-refractivity contribution is 9.10. The van der Waals surface area contributed by atoms with Crippen LogP contribution < -0.4 is 9.73 Å². The Morgan fingerprint density at radius 2 is 1.60 bits per heavy atom. The van der Waals surface area contributed by atoms with Gasteiger partial charge in [0.25, 0.3) is 15.9 Å². The van der Waals surface area contributed by atoms with Gasteiger partial charge in [-0.2, -0.15) is 5.10 Å². The van der Waals surface area contributed by atoms with E-state index in [0.717, 1.165) is 10.0 Å². The first-order valence-electron chi connectivity index (χ1n) is 9.03. The van der Waals surface area contributed by atoms with Crippen molar-refractivity contribution >= 4 is 43.3 Å². The molecule has 1 amide bonds. The lowest BCUT2D eigenvalue weighted by atomic mass is 10.1. The summed E-state index contributed by atoms with van der Waals surface area (Å²) in [6.45, 7) is 1.80. The van der Waals surface area contributed by atoms with E-state index in [-0.39, 0.29) is 10.8 Å². The molecule has 0 atom stereocenters. The van der Waals surface area contributed by atoms with Gasteiger partial charge in [-0.25, -0.2) is 13.8 Å². The molecule has 0 saturated heterocycles. The van der Waals surface area contributed by atoms with Gasteiger partial charge in [0.05, 0.1) is 16.3 Å². The monoisotopic (exact) mass is 485 g/mol. The Kier molecular flexibility index (Phi) is 6.69. The second kappa shape index (κ2) is 9.23. The van der Waals surface area contributed by atoms with Crippen molar-refractivity contribution in [3.05, 3.63) is 94.5 Å². The largest absolute Gasteiger partial charge is 0.271 e. The number of hydrazone groups is 1. The van der Waals surface area contributed by atoms with Gasteiger partial charge in [0.1, 0.15) is 0 Å². The second-order valence-corrected chi connectivity index (χ2v) is 9.37. The fraction of sp³-hybridized carbons (Fsp3) is 0.0909. The summed E-state index contributed by atoms with van der Waals surface area (Å²) in [5.74, 6) is -0.385. The molecule has 8 heteroatoms. The van der Waals surface area contributed by atoms with E-state index in [1.807, 2.05) is 24.3 Å². The third-order valence-corrected chi connectivity index (χ3v) is 6.76. The highest BCUT2D eigenvalue weighted by Crippen LogP contribution is 2.22. The van der Waals surface area contributed by atoms with Crippen LogP contribution in [0.3, 0.4) is 0 Å². The minimum Gasteiger partial charge on any atom is -0.269 e. The molecule has 0 heterocycles. The standard InChI is InChI=1S/C22H20BrN3O3S/c1-16(18-7-6-8-19(23)15-18)24-25-22(27)17-11-13-20(14-12-17)26(2)30(28,29)21-9-4-3-5-10-21/h3-15H,1-2H3,(H,25,27)/b24-16-. The molecule has 0 spiro atoms. The number of benzene rings is 3. The summed E-state index contributed by atoms with van der Waals surface area (Å²) in [7, 11) is -2.20. The smallest absolute Gasteiger partial charge is 0.269 e. The van der Waals surface area contributed by atoms with E-state index in [1.165, 1.54) is 11.4 Å². The predicted molar refractivity (Wildman–Crippen MR) is 122 cm³/mol. The third kappa shape index (κ3) is 4.95. The zero-order valence-electron chi connectivity index (χ0n) is 16.4. The van der Waals surface area contributed by atoms with Crippen LogP contribution in [0.5, 0.6) is 0 Å². The van der Waals surface area contributed by atoms with Crippen LogP contribution in [0.4, 0.5) is 5.69 Å². The average molecular weight is 486 g/mol. The molecule has 154 valence electrons. The highest BCUT2D eigenvalue weighted by atomic mass is 79.9. The van der Waals surface area contributed by atoms with Crippen LogP contribution in [0.25, 0.3) is 0 Å². The third-order valence-electron chi connectivity index (χ3n) is 4.46.